The zero-order valence-electron chi connectivity index (χ0n) is 16.0. The highest BCUT2D eigenvalue weighted by atomic mass is 32.1. The number of thiol groups is 1. The van der Waals surface area contributed by atoms with Crippen LogP contribution in [0.25, 0.3) is 10.9 Å². The second-order valence-corrected chi connectivity index (χ2v) is 7.36. The molecule has 0 radical (unpaired) electrons. The molecular formula is C19H23N3O7S. The largest absolute Gasteiger partial charge is 0.481 e. The molecule has 0 bridgehead atoms. The Morgan fingerprint density at radius 3 is 2.30 bits per heavy atom. The summed E-state index contributed by atoms with van der Waals surface area (Å²) in [6.07, 6.45) is -0.327. The Morgan fingerprint density at radius 1 is 1.07 bits per heavy atom. The fourth-order valence-corrected chi connectivity index (χ4v) is 2.93. The molecule has 0 fully saturated rings. The minimum Gasteiger partial charge on any atom is -0.481 e. The second-order valence-electron chi connectivity index (χ2n) is 6.81. The van der Waals surface area contributed by atoms with Crippen LogP contribution in [0.4, 0.5) is 0 Å². The number of aromatic nitrogens is 1. The molecule has 162 valence electrons. The average molecular weight is 437 g/mol. The average Bonchev–Trinajstić information content (AvgIpc) is 3.08. The van der Waals surface area contributed by atoms with E-state index in [9.17, 15) is 29.4 Å². The number of aliphatic hydroxyl groups excluding tert-OH is 1. The molecule has 4 atom stereocenters. The van der Waals surface area contributed by atoms with E-state index in [0.717, 1.165) is 10.9 Å². The zero-order chi connectivity index (χ0) is 22.4. The van der Waals surface area contributed by atoms with Gasteiger partial charge in [-0.2, -0.15) is 12.6 Å². The summed E-state index contributed by atoms with van der Waals surface area (Å²) in [5, 5.41) is 32.1. The number of H-pyrrole nitrogens is 1. The number of carboxylic acids is 2. The summed E-state index contributed by atoms with van der Waals surface area (Å²) in [7, 11) is 0. The van der Waals surface area contributed by atoms with Crippen LogP contribution in [0.1, 0.15) is 18.9 Å². The molecule has 2 rings (SSSR count). The normalized spacial score (nSPS) is 15.0. The van der Waals surface area contributed by atoms with Crippen molar-refractivity contribution in [3.63, 3.8) is 0 Å². The molecule has 0 aliphatic carbocycles. The van der Waals surface area contributed by atoms with Crippen molar-refractivity contribution in [3.8, 4) is 0 Å². The number of amides is 2. The van der Waals surface area contributed by atoms with Gasteiger partial charge in [-0.15, -0.1) is 0 Å². The third-order valence-corrected chi connectivity index (χ3v) is 5.12. The summed E-state index contributed by atoms with van der Waals surface area (Å²) in [5.74, 6) is -4.50. The minimum atomic E-state index is -1.53. The second kappa shape index (κ2) is 10.1. The predicted molar refractivity (Wildman–Crippen MR) is 110 cm³/mol. The summed E-state index contributed by atoms with van der Waals surface area (Å²) >= 11 is 3.91. The fraction of sp³-hybridized carbons (Fsp3) is 0.368. The molecule has 0 aliphatic rings. The summed E-state index contributed by atoms with van der Waals surface area (Å²) in [6, 6.07) is 4.35. The van der Waals surface area contributed by atoms with Gasteiger partial charge in [0.05, 0.1) is 12.5 Å². The Kier molecular flexibility index (Phi) is 7.84. The molecule has 11 heteroatoms. The van der Waals surface area contributed by atoms with Gasteiger partial charge in [0, 0.05) is 23.5 Å². The van der Waals surface area contributed by atoms with Gasteiger partial charge in [-0.1, -0.05) is 18.2 Å². The molecule has 0 spiro atoms. The summed E-state index contributed by atoms with van der Waals surface area (Å²) in [5.41, 5.74) is 1.46. The van der Waals surface area contributed by atoms with Crippen LogP contribution in [-0.2, 0) is 25.6 Å². The highest BCUT2D eigenvalue weighted by Crippen LogP contribution is 2.19. The van der Waals surface area contributed by atoms with E-state index in [1.54, 1.807) is 18.3 Å². The molecule has 1 heterocycles. The lowest BCUT2D eigenvalue weighted by molar-refractivity contribution is -0.143. The van der Waals surface area contributed by atoms with Crippen LogP contribution < -0.4 is 10.6 Å². The van der Waals surface area contributed by atoms with Gasteiger partial charge in [0.2, 0.25) is 11.8 Å². The Hall–Kier alpha value is -3.05. The van der Waals surface area contributed by atoms with Crippen LogP contribution in [0.3, 0.4) is 0 Å². The highest BCUT2D eigenvalue weighted by molar-refractivity contribution is 7.81. The van der Waals surface area contributed by atoms with Crippen molar-refractivity contribution in [2.24, 2.45) is 0 Å². The van der Waals surface area contributed by atoms with E-state index in [0.29, 0.717) is 5.56 Å². The van der Waals surface area contributed by atoms with E-state index in [1.165, 1.54) is 6.92 Å². The van der Waals surface area contributed by atoms with Crippen molar-refractivity contribution in [1.82, 2.24) is 15.6 Å². The summed E-state index contributed by atoms with van der Waals surface area (Å²) in [6.45, 7) is 1.31. The molecule has 2 aromatic rings. The predicted octanol–water partition coefficient (Wildman–Crippen LogP) is -0.0815. The van der Waals surface area contributed by atoms with E-state index in [4.69, 9.17) is 5.11 Å². The van der Waals surface area contributed by atoms with Crippen LogP contribution in [-0.4, -0.2) is 67.5 Å². The maximum Gasteiger partial charge on any atom is 0.326 e. The fourth-order valence-electron chi connectivity index (χ4n) is 2.85. The number of carbonyl (C=O) groups is 4. The first-order valence-electron chi connectivity index (χ1n) is 9.06. The number of aliphatic carboxylic acids is 2. The highest BCUT2D eigenvalue weighted by Gasteiger charge is 2.31. The number of carboxylic acid groups (broad SMARTS) is 2. The quantitative estimate of drug-likeness (QED) is 0.255. The lowest BCUT2D eigenvalue weighted by Gasteiger charge is -2.22. The van der Waals surface area contributed by atoms with Crippen molar-refractivity contribution in [3.05, 3.63) is 36.0 Å². The van der Waals surface area contributed by atoms with Gasteiger partial charge in [-0.3, -0.25) is 14.4 Å². The van der Waals surface area contributed by atoms with Crippen LogP contribution in [0.2, 0.25) is 0 Å². The maximum absolute atomic E-state index is 12.6. The van der Waals surface area contributed by atoms with Crippen molar-refractivity contribution < 1.29 is 34.5 Å². The van der Waals surface area contributed by atoms with Crippen LogP contribution in [0.5, 0.6) is 0 Å². The van der Waals surface area contributed by atoms with Gasteiger partial charge in [0.15, 0.2) is 0 Å². The number of aliphatic hydroxyl groups is 1. The monoisotopic (exact) mass is 437 g/mol. The molecule has 0 saturated heterocycles. The third-order valence-electron chi connectivity index (χ3n) is 4.45. The Bertz CT molecular complexity index is 943. The number of aromatic amines is 1. The molecule has 2 amide bonds. The first kappa shape index (κ1) is 23.2. The Morgan fingerprint density at radius 2 is 1.70 bits per heavy atom. The van der Waals surface area contributed by atoms with Gasteiger partial charge in [0.1, 0.15) is 17.3 Å². The van der Waals surface area contributed by atoms with E-state index in [2.05, 4.69) is 28.2 Å². The van der Waals surface area contributed by atoms with Crippen LogP contribution in [0.15, 0.2) is 30.5 Å². The SMILES string of the molecule is CC(O)C(S)C(=O)NC(CC(=O)O)C(=O)NC(Cc1c[nH]c2ccccc12)C(=O)O. The number of nitrogens with one attached hydrogen (secondary N) is 3. The molecule has 0 aliphatic heterocycles. The van der Waals surface area contributed by atoms with Crippen molar-refractivity contribution in [2.75, 3.05) is 0 Å². The summed E-state index contributed by atoms with van der Waals surface area (Å²) < 4.78 is 0. The maximum atomic E-state index is 12.6. The molecule has 4 unspecified atom stereocenters. The molecule has 1 aromatic carbocycles. The number of benzene rings is 1. The van der Waals surface area contributed by atoms with Gasteiger partial charge < -0.3 is 30.9 Å². The minimum absolute atomic E-state index is 0.0539. The van der Waals surface area contributed by atoms with Crippen molar-refractivity contribution in [1.29, 1.82) is 0 Å². The van der Waals surface area contributed by atoms with Gasteiger partial charge >= 0.3 is 11.9 Å². The number of fused-ring (bicyclic) bond motifs is 1. The number of carbonyl (C=O) groups excluding carboxylic acids is 2. The number of hydrogen-bond donors (Lipinski definition) is 7. The smallest absolute Gasteiger partial charge is 0.326 e. The lowest BCUT2D eigenvalue weighted by atomic mass is 10.0. The van der Waals surface area contributed by atoms with E-state index in [1.807, 2.05) is 12.1 Å². The lowest BCUT2D eigenvalue weighted by Crippen LogP contribution is -2.54. The topological polar surface area (TPSA) is 169 Å². The Labute approximate surface area is 177 Å². The molecular weight excluding hydrogens is 414 g/mol. The van der Waals surface area contributed by atoms with Gasteiger partial charge in [0.25, 0.3) is 0 Å². The summed E-state index contributed by atoms with van der Waals surface area (Å²) in [4.78, 5) is 50.4. The van der Waals surface area contributed by atoms with Crippen molar-refractivity contribution >= 4 is 47.3 Å². The Balaban J connectivity index is 2.16. The van der Waals surface area contributed by atoms with Crippen molar-refractivity contribution in [2.45, 2.75) is 43.2 Å². The van der Waals surface area contributed by atoms with E-state index < -0.39 is 53.6 Å². The standard InChI is InChI=1S/C19H23N3O7S/c1-9(23)16(30)18(27)21-13(7-15(24)25)17(26)22-14(19(28)29)6-10-8-20-12-5-3-2-4-11(10)12/h2-5,8-9,13-14,16,20,23,30H,6-7H2,1H3,(H,21,27)(H,22,26)(H,24,25)(H,28,29). The first-order chi connectivity index (χ1) is 14.1. The number of hydrogen-bond acceptors (Lipinski definition) is 6. The zero-order valence-corrected chi connectivity index (χ0v) is 16.9. The van der Waals surface area contributed by atoms with E-state index in [-0.39, 0.29) is 6.42 Å². The number of para-hydroxylation sites is 1. The van der Waals surface area contributed by atoms with Gasteiger partial charge in [-0.25, -0.2) is 4.79 Å². The molecule has 30 heavy (non-hydrogen) atoms. The molecule has 0 saturated carbocycles. The van der Waals surface area contributed by atoms with Crippen LogP contribution >= 0.6 is 12.6 Å². The number of rotatable bonds is 10. The van der Waals surface area contributed by atoms with E-state index >= 15 is 0 Å². The third kappa shape index (κ3) is 5.97. The molecule has 1 aromatic heterocycles. The first-order valence-corrected chi connectivity index (χ1v) is 9.58. The molecule has 6 N–H and O–H groups in total. The molecule has 10 nitrogen and oxygen atoms in total. The van der Waals surface area contributed by atoms with Crippen LogP contribution in [0, 0.1) is 0 Å². The van der Waals surface area contributed by atoms with Gasteiger partial charge in [-0.05, 0) is 18.6 Å².